The van der Waals surface area contributed by atoms with Gasteiger partial charge in [0.2, 0.25) is 0 Å². The van der Waals surface area contributed by atoms with Gasteiger partial charge in [-0.1, -0.05) is 23.2 Å². The third-order valence-electron chi connectivity index (χ3n) is 2.47. The molecule has 2 rings (SSSR count). The van der Waals surface area contributed by atoms with E-state index in [0.29, 0.717) is 33.0 Å². The Morgan fingerprint density at radius 1 is 1.00 bits per heavy atom. The summed E-state index contributed by atoms with van der Waals surface area (Å²) in [6, 6.07) is 10.3. The first-order valence-electron chi connectivity index (χ1n) is 6.15. The molecule has 0 saturated carbocycles. The van der Waals surface area contributed by atoms with Gasteiger partial charge in [-0.05, 0) is 44.2 Å². The van der Waals surface area contributed by atoms with Gasteiger partial charge in [-0.3, -0.25) is 0 Å². The van der Waals surface area contributed by atoms with Crippen LogP contribution in [0, 0.1) is 0 Å². The fourth-order valence-corrected chi connectivity index (χ4v) is 2.07. The number of rotatable bonds is 4. The van der Waals surface area contributed by atoms with Crippen LogP contribution >= 0.6 is 23.2 Å². The van der Waals surface area contributed by atoms with Crippen LogP contribution in [0.4, 0.5) is 5.69 Å². The summed E-state index contributed by atoms with van der Waals surface area (Å²) in [5, 5.41) is 1.00. The van der Waals surface area contributed by atoms with Crippen molar-refractivity contribution in [2.45, 2.75) is 20.0 Å². The summed E-state index contributed by atoms with van der Waals surface area (Å²) in [7, 11) is 0. The lowest BCUT2D eigenvalue weighted by molar-refractivity contribution is 0.243. The lowest BCUT2D eigenvalue weighted by atomic mass is 10.2. The molecule has 2 aromatic carbocycles. The van der Waals surface area contributed by atoms with Crippen molar-refractivity contribution in [1.82, 2.24) is 0 Å². The molecule has 0 amide bonds. The molecule has 0 unspecified atom stereocenters. The van der Waals surface area contributed by atoms with Crippen molar-refractivity contribution in [3.8, 4) is 17.2 Å². The molecule has 20 heavy (non-hydrogen) atoms. The summed E-state index contributed by atoms with van der Waals surface area (Å²) in [4.78, 5) is 0. The number of nitrogen functional groups attached to an aromatic ring is 1. The Morgan fingerprint density at radius 2 is 1.75 bits per heavy atom. The Hall–Kier alpha value is -1.58. The lowest BCUT2D eigenvalue weighted by Crippen LogP contribution is -2.07. The Balaban J connectivity index is 2.25. The molecule has 0 aliphatic rings. The maximum Gasteiger partial charge on any atom is 0.146 e. The van der Waals surface area contributed by atoms with E-state index in [4.69, 9.17) is 38.4 Å². The predicted octanol–water partition coefficient (Wildman–Crippen LogP) is 5.16. The van der Waals surface area contributed by atoms with Gasteiger partial charge in [0.25, 0.3) is 0 Å². The molecular formula is C15H15Cl2NO2. The van der Waals surface area contributed by atoms with E-state index in [1.807, 2.05) is 13.8 Å². The molecule has 3 nitrogen and oxygen atoms in total. The Kier molecular flexibility index (Phi) is 4.63. The summed E-state index contributed by atoms with van der Waals surface area (Å²) in [5.74, 6) is 1.71. The zero-order valence-corrected chi connectivity index (χ0v) is 12.7. The molecule has 0 radical (unpaired) electrons. The van der Waals surface area contributed by atoms with E-state index < -0.39 is 0 Å². The highest BCUT2D eigenvalue weighted by molar-refractivity contribution is 6.35. The number of ether oxygens (including phenoxy) is 2. The van der Waals surface area contributed by atoms with Crippen molar-refractivity contribution in [2.24, 2.45) is 0 Å². The van der Waals surface area contributed by atoms with E-state index in [2.05, 4.69) is 0 Å². The summed E-state index contributed by atoms with van der Waals surface area (Å²) in [6.45, 7) is 3.87. The van der Waals surface area contributed by atoms with E-state index in [-0.39, 0.29) is 6.10 Å². The molecule has 0 atom stereocenters. The molecule has 0 heterocycles. The molecule has 0 aliphatic carbocycles. The minimum absolute atomic E-state index is 0.0340. The van der Waals surface area contributed by atoms with Crippen LogP contribution in [-0.4, -0.2) is 6.10 Å². The van der Waals surface area contributed by atoms with Gasteiger partial charge in [0.05, 0.1) is 16.8 Å². The van der Waals surface area contributed by atoms with Crippen LogP contribution in [0.1, 0.15) is 13.8 Å². The van der Waals surface area contributed by atoms with Gasteiger partial charge in [-0.25, -0.2) is 0 Å². The molecule has 0 aromatic heterocycles. The van der Waals surface area contributed by atoms with Gasteiger partial charge in [-0.15, -0.1) is 0 Å². The number of benzene rings is 2. The maximum absolute atomic E-state index is 6.07. The number of halogens is 2. The summed E-state index contributed by atoms with van der Waals surface area (Å²) in [5.41, 5.74) is 6.42. The molecule has 0 aliphatic heterocycles. The van der Waals surface area contributed by atoms with Crippen LogP contribution in [0.25, 0.3) is 0 Å². The second-order valence-electron chi connectivity index (χ2n) is 4.54. The van der Waals surface area contributed by atoms with E-state index in [1.165, 1.54) is 0 Å². The van der Waals surface area contributed by atoms with Gasteiger partial charge in [0.1, 0.15) is 17.2 Å². The molecular weight excluding hydrogens is 297 g/mol. The minimum Gasteiger partial charge on any atom is -0.489 e. The fraction of sp³-hybridized carbons (Fsp3) is 0.200. The normalized spacial score (nSPS) is 10.7. The molecule has 0 bridgehead atoms. The van der Waals surface area contributed by atoms with Crippen molar-refractivity contribution < 1.29 is 9.47 Å². The number of anilines is 1. The highest BCUT2D eigenvalue weighted by atomic mass is 35.5. The number of hydrogen-bond acceptors (Lipinski definition) is 3. The van der Waals surface area contributed by atoms with Crippen LogP contribution in [-0.2, 0) is 0 Å². The van der Waals surface area contributed by atoms with Crippen molar-refractivity contribution in [3.63, 3.8) is 0 Å². The zero-order chi connectivity index (χ0) is 14.7. The van der Waals surface area contributed by atoms with Crippen LogP contribution in [0.5, 0.6) is 17.2 Å². The maximum atomic E-state index is 6.07. The largest absolute Gasteiger partial charge is 0.489 e. The molecule has 2 aromatic rings. The van der Waals surface area contributed by atoms with Crippen LogP contribution < -0.4 is 15.2 Å². The monoisotopic (exact) mass is 311 g/mol. The zero-order valence-electron chi connectivity index (χ0n) is 11.2. The molecule has 0 spiro atoms. The second kappa shape index (κ2) is 6.25. The van der Waals surface area contributed by atoms with E-state index in [0.717, 1.165) is 0 Å². The first kappa shape index (κ1) is 14.8. The Morgan fingerprint density at radius 3 is 2.40 bits per heavy atom. The first-order chi connectivity index (χ1) is 9.45. The summed E-state index contributed by atoms with van der Waals surface area (Å²) >= 11 is 11.9. The van der Waals surface area contributed by atoms with Gasteiger partial charge >= 0.3 is 0 Å². The van der Waals surface area contributed by atoms with E-state index in [9.17, 15) is 0 Å². The third-order valence-corrected chi connectivity index (χ3v) is 3.00. The third kappa shape index (κ3) is 3.71. The molecule has 0 fully saturated rings. The number of nitrogens with two attached hydrogens (primary N) is 1. The standard InChI is InChI=1S/C15H15Cl2NO2/c1-9(2)19-15-8-11(4-5-13(15)18)20-14-6-3-10(16)7-12(14)17/h3-9H,18H2,1-2H3. The average molecular weight is 312 g/mol. The number of hydrogen-bond donors (Lipinski definition) is 1. The summed E-state index contributed by atoms with van der Waals surface area (Å²) in [6.07, 6.45) is 0.0340. The van der Waals surface area contributed by atoms with Crippen LogP contribution in [0.2, 0.25) is 10.0 Å². The fourth-order valence-electron chi connectivity index (χ4n) is 1.62. The van der Waals surface area contributed by atoms with Gasteiger partial charge in [-0.2, -0.15) is 0 Å². The SMILES string of the molecule is CC(C)Oc1cc(Oc2ccc(Cl)cc2Cl)ccc1N. The van der Waals surface area contributed by atoms with Crippen molar-refractivity contribution in [2.75, 3.05) is 5.73 Å². The highest BCUT2D eigenvalue weighted by Crippen LogP contribution is 2.34. The Labute approximate surface area is 128 Å². The highest BCUT2D eigenvalue weighted by Gasteiger charge is 2.08. The molecule has 106 valence electrons. The first-order valence-corrected chi connectivity index (χ1v) is 6.90. The van der Waals surface area contributed by atoms with E-state index >= 15 is 0 Å². The van der Waals surface area contributed by atoms with Gasteiger partial charge in [0, 0.05) is 11.1 Å². The van der Waals surface area contributed by atoms with E-state index in [1.54, 1.807) is 36.4 Å². The topological polar surface area (TPSA) is 44.5 Å². The van der Waals surface area contributed by atoms with Gasteiger partial charge in [0.15, 0.2) is 0 Å². The smallest absolute Gasteiger partial charge is 0.146 e. The lowest BCUT2D eigenvalue weighted by Gasteiger charge is -2.14. The van der Waals surface area contributed by atoms with Crippen molar-refractivity contribution in [3.05, 3.63) is 46.4 Å². The summed E-state index contributed by atoms with van der Waals surface area (Å²) < 4.78 is 11.3. The van der Waals surface area contributed by atoms with Gasteiger partial charge < -0.3 is 15.2 Å². The molecule has 0 saturated heterocycles. The minimum atomic E-state index is 0.0340. The second-order valence-corrected chi connectivity index (χ2v) is 5.39. The predicted molar refractivity (Wildman–Crippen MR) is 83.2 cm³/mol. The van der Waals surface area contributed by atoms with Crippen LogP contribution in [0.3, 0.4) is 0 Å². The van der Waals surface area contributed by atoms with Crippen molar-refractivity contribution >= 4 is 28.9 Å². The average Bonchev–Trinajstić information content (AvgIpc) is 2.36. The quantitative estimate of drug-likeness (QED) is 0.794. The Bertz CT molecular complexity index is 615. The molecule has 5 heteroatoms. The van der Waals surface area contributed by atoms with Crippen LogP contribution in [0.15, 0.2) is 36.4 Å². The van der Waals surface area contributed by atoms with Crippen molar-refractivity contribution in [1.29, 1.82) is 0 Å². The molecule has 2 N–H and O–H groups in total.